The number of rotatable bonds is 6. The maximum atomic E-state index is 11.9. The number of carbonyl (C=O) groups is 4. The minimum atomic E-state index is -1.71. The third-order valence-corrected chi connectivity index (χ3v) is 2.95. The van der Waals surface area contributed by atoms with Crippen LogP contribution in [-0.4, -0.2) is 63.9 Å². The van der Waals surface area contributed by atoms with E-state index in [1.165, 1.54) is 13.8 Å². The number of hydrogen-bond donors (Lipinski definition) is 3. The first-order chi connectivity index (χ1) is 9.60. The molecule has 0 aromatic carbocycles. The molecule has 1 saturated heterocycles. The van der Waals surface area contributed by atoms with Gasteiger partial charge in [0.15, 0.2) is 6.10 Å². The number of aliphatic carboxylic acids is 1. The van der Waals surface area contributed by atoms with Crippen LogP contribution in [0, 0.1) is 5.41 Å². The van der Waals surface area contributed by atoms with Crippen LogP contribution in [0.4, 0.5) is 0 Å². The minimum absolute atomic E-state index is 0.547. The Morgan fingerprint density at radius 1 is 1.38 bits per heavy atom. The zero-order valence-corrected chi connectivity index (χ0v) is 11.4. The number of aliphatic hydroxyl groups excluding tert-OH is 2. The molecular formula is C12H16O9. The van der Waals surface area contributed by atoms with Crippen LogP contribution in [0.5, 0.6) is 0 Å². The molecule has 1 heterocycles. The van der Waals surface area contributed by atoms with E-state index in [0.717, 1.165) is 0 Å². The molecule has 9 heteroatoms. The van der Waals surface area contributed by atoms with Gasteiger partial charge in [-0.3, -0.25) is 14.4 Å². The lowest BCUT2D eigenvalue weighted by Gasteiger charge is -2.25. The first kappa shape index (κ1) is 17.1. The van der Waals surface area contributed by atoms with Gasteiger partial charge in [-0.1, -0.05) is 0 Å². The summed E-state index contributed by atoms with van der Waals surface area (Å²) < 4.78 is 9.37. The van der Waals surface area contributed by atoms with Crippen LogP contribution in [0.25, 0.3) is 0 Å². The summed E-state index contributed by atoms with van der Waals surface area (Å²) in [4.78, 5) is 45.3. The van der Waals surface area contributed by atoms with Gasteiger partial charge in [-0.15, -0.1) is 0 Å². The number of hydrogen-bond acceptors (Lipinski definition) is 8. The molecule has 0 aromatic heterocycles. The van der Waals surface area contributed by atoms with Gasteiger partial charge < -0.3 is 24.8 Å². The molecular weight excluding hydrogens is 288 g/mol. The predicted molar refractivity (Wildman–Crippen MR) is 63.9 cm³/mol. The van der Waals surface area contributed by atoms with Gasteiger partial charge in [-0.25, -0.2) is 4.79 Å². The molecule has 0 saturated carbocycles. The van der Waals surface area contributed by atoms with Crippen molar-refractivity contribution in [2.45, 2.75) is 38.6 Å². The van der Waals surface area contributed by atoms with E-state index in [1.807, 2.05) is 0 Å². The molecule has 3 atom stereocenters. The largest absolute Gasteiger partial charge is 0.481 e. The van der Waals surface area contributed by atoms with Crippen molar-refractivity contribution in [2.24, 2.45) is 5.41 Å². The van der Waals surface area contributed by atoms with Gasteiger partial charge in [-0.2, -0.15) is 0 Å². The van der Waals surface area contributed by atoms with Gasteiger partial charge >= 0.3 is 17.9 Å². The van der Waals surface area contributed by atoms with Crippen LogP contribution >= 0.6 is 0 Å². The summed E-state index contributed by atoms with van der Waals surface area (Å²) >= 11 is 0. The van der Waals surface area contributed by atoms with E-state index in [2.05, 4.69) is 4.74 Å². The molecule has 0 bridgehead atoms. The second kappa shape index (κ2) is 6.19. The number of carbonyl (C=O) groups excluding carboxylic acids is 3. The SMILES string of the molecule is CC(C)(CC(=O)O)C(=O)OC1C(=O)C(=O)O[C@@H]1[C@@H](O)CO. The molecule has 3 N–H and O–H groups in total. The third kappa shape index (κ3) is 3.76. The molecule has 0 spiro atoms. The zero-order chi connectivity index (χ0) is 16.4. The second-order valence-electron chi connectivity index (χ2n) is 5.26. The van der Waals surface area contributed by atoms with Crippen LogP contribution in [-0.2, 0) is 28.7 Å². The van der Waals surface area contributed by atoms with Gasteiger partial charge in [0.2, 0.25) is 6.10 Å². The fraction of sp³-hybridized carbons (Fsp3) is 0.667. The number of aliphatic hydroxyl groups is 2. The molecule has 1 fully saturated rings. The molecule has 1 aliphatic rings. The van der Waals surface area contributed by atoms with Crippen LogP contribution in [0.15, 0.2) is 0 Å². The van der Waals surface area contributed by atoms with Crippen molar-refractivity contribution in [3.63, 3.8) is 0 Å². The van der Waals surface area contributed by atoms with E-state index in [4.69, 9.17) is 14.9 Å². The highest BCUT2D eigenvalue weighted by Gasteiger charge is 2.51. The lowest BCUT2D eigenvalue weighted by molar-refractivity contribution is -0.171. The van der Waals surface area contributed by atoms with E-state index < -0.39 is 60.4 Å². The number of Topliss-reactive ketones (excluding diaryl/α,β-unsaturated/α-hetero) is 1. The Bertz CT molecular complexity index is 467. The average Bonchev–Trinajstić information content (AvgIpc) is 2.64. The van der Waals surface area contributed by atoms with E-state index in [0.29, 0.717) is 0 Å². The van der Waals surface area contributed by atoms with Gasteiger partial charge in [0.05, 0.1) is 18.4 Å². The van der Waals surface area contributed by atoms with Crippen molar-refractivity contribution >= 4 is 23.7 Å². The monoisotopic (exact) mass is 304 g/mol. The Labute approximate surface area is 119 Å². The number of esters is 2. The van der Waals surface area contributed by atoms with Crippen LogP contribution < -0.4 is 0 Å². The summed E-state index contributed by atoms with van der Waals surface area (Å²) in [6.45, 7) is 1.78. The molecule has 0 aromatic rings. The summed E-state index contributed by atoms with van der Waals surface area (Å²) in [5.74, 6) is -4.74. The normalized spacial score (nSPS) is 23.6. The van der Waals surface area contributed by atoms with Crippen molar-refractivity contribution in [1.82, 2.24) is 0 Å². The van der Waals surface area contributed by atoms with Crippen molar-refractivity contribution in [1.29, 1.82) is 0 Å². The molecule has 0 aliphatic carbocycles. The summed E-state index contributed by atoms with van der Waals surface area (Å²) in [6, 6.07) is 0. The standard InChI is InChI=1S/C12H16O9/c1-12(2,3-6(15)16)11(19)21-9-7(17)10(18)20-8(9)5(14)4-13/h5,8-9,13-14H,3-4H2,1-2H3,(H,15,16)/t5-,8+,9?/m0/s1. The molecule has 1 aliphatic heterocycles. The van der Waals surface area contributed by atoms with Gasteiger partial charge in [0.1, 0.15) is 6.10 Å². The van der Waals surface area contributed by atoms with Crippen LogP contribution in [0.3, 0.4) is 0 Å². The number of cyclic esters (lactones) is 1. The Hall–Kier alpha value is -2.00. The van der Waals surface area contributed by atoms with Crippen molar-refractivity contribution < 1.29 is 44.0 Å². The number of carboxylic acid groups (broad SMARTS) is 1. The molecule has 9 nitrogen and oxygen atoms in total. The molecule has 118 valence electrons. The number of carboxylic acids is 1. The smallest absolute Gasteiger partial charge is 0.379 e. The first-order valence-electron chi connectivity index (χ1n) is 6.06. The Morgan fingerprint density at radius 2 is 1.95 bits per heavy atom. The summed E-state index contributed by atoms with van der Waals surface area (Å²) in [5, 5.41) is 27.0. The average molecular weight is 304 g/mol. The van der Waals surface area contributed by atoms with Gasteiger partial charge in [-0.05, 0) is 13.8 Å². The quantitative estimate of drug-likeness (QED) is 0.383. The topological polar surface area (TPSA) is 147 Å². The third-order valence-electron chi connectivity index (χ3n) is 2.95. The fourth-order valence-electron chi connectivity index (χ4n) is 1.74. The molecule has 21 heavy (non-hydrogen) atoms. The van der Waals surface area contributed by atoms with E-state index in [-0.39, 0.29) is 0 Å². The Kier molecular flexibility index (Phi) is 5.02. The van der Waals surface area contributed by atoms with Gasteiger partial charge in [0, 0.05) is 0 Å². The highest BCUT2D eigenvalue weighted by Crippen LogP contribution is 2.26. The number of ketones is 1. The van der Waals surface area contributed by atoms with E-state index in [9.17, 15) is 24.3 Å². The molecule has 1 rings (SSSR count). The Morgan fingerprint density at radius 3 is 2.43 bits per heavy atom. The zero-order valence-electron chi connectivity index (χ0n) is 11.4. The summed E-state index contributed by atoms with van der Waals surface area (Å²) in [7, 11) is 0. The van der Waals surface area contributed by atoms with Crippen molar-refractivity contribution in [3.05, 3.63) is 0 Å². The lowest BCUT2D eigenvalue weighted by atomic mass is 9.89. The van der Waals surface area contributed by atoms with Crippen molar-refractivity contribution in [2.75, 3.05) is 6.61 Å². The number of ether oxygens (including phenoxy) is 2. The highest BCUT2D eigenvalue weighted by molar-refractivity contribution is 6.37. The predicted octanol–water partition coefficient (Wildman–Crippen LogP) is -1.75. The summed E-state index contributed by atoms with van der Waals surface area (Å²) in [6.07, 6.45) is -5.37. The van der Waals surface area contributed by atoms with Crippen molar-refractivity contribution in [3.8, 4) is 0 Å². The van der Waals surface area contributed by atoms with E-state index in [1.54, 1.807) is 0 Å². The second-order valence-corrected chi connectivity index (χ2v) is 5.26. The summed E-state index contributed by atoms with van der Waals surface area (Å²) in [5.41, 5.74) is -1.44. The molecule has 0 amide bonds. The van der Waals surface area contributed by atoms with Gasteiger partial charge in [0.25, 0.3) is 5.78 Å². The minimum Gasteiger partial charge on any atom is -0.481 e. The first-order valence-corrected chi connectivity index (χ1v) is 6.06. The maximum absolute atomic E-state index is 11.9. The maximum Gasteiger partial charge on any atom is 0.379 e. The highest BCUT2D eigenvalue weighted by atomic mass is 16.6. The Balaban J connectivity index is 2.87. The van der Waals surface area contributed by atoms with Crippen LogP contribution in [0.2, 0.25) is 0 Å². The fourth-order valence-corrected chi connectivity index (χ4v) is 1.74. The molecule has 0 radical (unpaired) electrons. The van der Waals surface area contributed by atoms with Crippen LogP contribution in [0.1, 0.15) is 20.3 Å². The van der Waals surface area contributed by atoms with E-state index >= 15 is 0 Å². The molecule has 1 unspecified atom stereocenters. The lowest BCUT2D eigenvalue weighted by Crippen LogP contribution is -2.44.